The van der Waals surface area contributed by atoms with E-state index in [0.29, 0.717) is 18.2 Å². The lowest BCUT2D eigenvalue weighted by Crippen LogP contribution is -2.50. The summed E-state index contributed by atoms with van der Waals surface area (Å²) in [6.45, 7) is 2.89. The Morgan fingerprint density at radius 2 is 2.10 bits per heavy atom. The third-order valence-electron chi connectivity index (χ3n) is 3.31. The minimum atomic E-state index is -0.127. The summed E-state index contributed by atoms with van der Waals surface area (Å²) in [5.41, 5.74) is 2.68. The van der Waals surface area contributed by atoms with Gasteiger partial charge in [0, 0.05) is 36.9 Å². The highest BCUT2D eigenvalue weighted by Gasteiger charge is 2.21. The van der Waals surface area contributed by atoms with Crippen molar-refractivity contribution in [3.63, 3.8) is 0 Å². The molecule has 2 aromatic rings. The average Bonchev–Trinajstić information content (AvgIpc) is 3.00. The number of nitrogens with zero attached hydrogens (tertiary/aromatic N) is 4. The summed E-state index contributed by atoms with van der Waals surface area (Å²) in [6.07, 6.45) is 0. The maximum Gasteiger partial charge on any atom is 0.323 e. The second kappa shape index (κ2) is 6.28. The number of hydrogen-bond donors (Lipinski definition) is 1. The third kappa shape index (κ3) is 3.43. The number of carbonyl (C=O) groups excluding carboxylic acids is 1. The third-order valence-corrected chi connectivity index (χ3v) is 4.16. The molecule has 110 valence electrons. The molecule has 0 unspecified atom stereocenters. The second-order valence-electron chi connectivity index (χ2n) is 4.63. The average molecular weight is 324 g/mol. The van der Waals surface area contributed by atoms with Gasteiger partial charge in [-0.2, -0.15) is 0 Å². The van der Waals surface area contributed by atoms with Gasteiger partial charge in [0.15, 0.2) is 0 Å². The number of hydrogen-bond acceptors (Lipinski definition) is 5. The van der Waals surface area contributed by atoms with Gasteiger partial charge in [-0.1, -0.05) is 29.0 Å². The van der Waals surface area contributed by atoms with Gasteiger partial charge in [-0.3, -0.25) is 5.32 Å². The fraction of sp³-hybridized carbons (Fsp3) is 0.308. The van der Waals surface area contributed by atoms with Crippen LogP contribution in [0.1, 0.15) is 0 Å². The molecule has 0 atom stereocenters. The minimum Gasteiger partial charge on any atom is -0.368 e. The van der Waals surface area contributed by atoms with Crippen molar-refractivity contribution >= 4 is 39.8 Å². The van der Waals surface area contributed by atoms with Crippen LogP contribution in [-0.4, -0.2) is 47.3 Å². The second-order valence-corrected chi connectivity index (χ2v) is 5.90. The molecular formula is C13H14ClN5OS. The molecule has 8 heteroatoms. The van der Waals surface area contributed by atoms with Crippen molar-refractivity contribution in [1.82, 2.24) is 15.1 Å². The number of anilines is 2. The number of nitrogens with one attached hydrogen (secondary N) is 1. The molecule has 1 aromatic carbocycles. The van der Waals surface area contributed by atoms with Gasteiger partial charge in [0.25, 0.3) is 0 Å². The Bertz CT molecular complexity index is 613. The summed E-state index contributed by atoms with van der Waals surface area (Å²) >= 11 is 7.32. The lowest BCUT2D eigenvalue weighted by Gasteiger charge is -2.35. The van der Waals surface area contributed by atoms with Gasteiger partial charge in [0.2, 0.25) is 5.13 Å². The predicted octanol–water partition coefficient (Wildman–Crippen LogP) is 2.55. The van der Waals surface area contributed by atoms with Crippen molar-refractivity contribution in [2.75, 3.05) is 36.4 Å². The van der Waals surface area contributed by atoms with Crippen molar-refractivity contribution in [3.8, 4) is 0 Å². The van der Waals surface area contributed by atoms with Crippen molar-refractivity contribution in [2.24, 2.45) is 0 Å². The monoisotopic (exact) mass is 323 g/mol. The molecule has 0 saturated carbocycles. The first-order valence-corrected chi connectivity index (χ1v) is 7.81. The Labute approximate surface area is 131 Å². The Balaban J connectivity index is 1.56. The number of piperazine rings is 1. The van der Waals surface area contributed by atoms with Gasteiger partial charge in [-0.15, -0.1) is 10.2 Å². The van der Waals surface area contributed by atoms with E-state index in [9.17, 15) is 4.79 Å². The molecule has 0 radical (unpaired) electrons. The largest absolute Gasteiger partial charge is 0.368 e. The minimum absolute atomic E-state index is 0.127. The Morgan fingerprint density at radius 3 is 2.76 bits per heavy atom. The van der Waals surface area contributed by atoms with Crippen LogP contribution in [0.5, 0.6) is 0 Å². The maximum absolute atomic E-state index is 12.1. The van der Waals surface area contributed by atoms with Crippen LogP contribution < -0.4 is 10.2 Å². The summed E-state index contributed by atoms with van der Waals surface area (Å²) in [4.78, 5) is 16.1. The van der Waals surface area contributed by atoms with Crippen LogP contribution in [0.4, 0.5) is 15.6 Å². The number of amides is 2. The van der Waals surface area contributed by atoms with Crippen LogP contribution in [-0.2, 0) is 0 Å². The smallest absolute Gasteiger partial charge is 0.323 e. The van der Waals surface area contributed by atoms with E-state index in [1.165, 1.54) is 11.3 Å². The van der Waals surface area contributed by atoms with Gasteiger partial charge in [-0.05, 0) is 18.2 Å². The van der Waals surface area contributed by atoms with E-state index in [1.54, 1.807) is 10.4 Å². The van der Waals surface area contributed by atoms with Crippen LogP contribution in [0.25, 0.3) is 0 Å². The molecule has 21 heavy (non-hydrogen) atoms. The number of carbonyl (C=O) groups is 1. The molecule has 2 heterocycles. The topological polar surface area (TPSA) is 61.4 Å². The number of halogens is 1. The van der Waals surface area contributed by atoms with Crippen molar-refractivity contribution in [1.29, 1.82) is 0 Å². The first kappa shape index (κ1) is 14.1. The predicted molar refractivity (Wildman–Crippen MR) is 84.2 cm³/mol. The number of rotatable bonds is 2. The van der Waals surface area contributed by atoms with Gasteiger partial charge >= 0.3 is 6.03 Å². The molecule has 3 rings (SSSR count). The van der Waals surface area contributed by atoms with Gasteiger partial charge in [0.05, 0.1) is 0 Å². The zero-order valence-corrected chi connectivity index (χ0v) is 12.8. The lowest BCUT2D eigenvalue weighted by atomic mass is 10.2. The van der Waals surface area contributed by atoms with Gasteiger partial charge in [-0.25, -0.2) is 4.79 Å². The summed E-state index contributed by atoms with van der Waals surface area (Å²) in [6, 6.07) is 7.64. The molecule has 1 aromatic heterocycles. The first-order chi connectivity index (χ1) is 10.2. The van der Waals surface area contributed by atoms with E-state index >= 15 is 0 Å². The maximum atomic E-state index is 12.1. The number of urea groups is 1. The number of aromatic nitrogens is 2. The van der Waals surface area contributed by atoms with E-state index < -0.39 is 0 Å². The Morgan fingerprint density at radius 1 is 1.29 bits per heavy atom. The zero-order chi connectivity index (χ0) is 14.7. The molecule has 1 N–H and O–H groups in total. The Hall–Kier alpha value is -1.86. The molecule has 1 aliphatic heterocycles. The van der Waals surface area contributed by atoms with E-state index in [4.69, 9.17) is 11.6 Å². The molecular weight excluding hydrogens is 310 g/mol. The molecule has 0 spiro atoms. The van der Waals surface area contributed by atoms with E-state index in [2.05, 4.69) is 20.4 Å². The van der Waals surface area contributed by atoms with Crippen LogP contribution in [0, 0.1) is 0 Å². The van der Waals surface area contributed by atoms with Gasteiger partial charge in [0.1, 0.15) is 5.51 Å². The molecule has 2 amide bonds. The summed E-state index contributed by atoms with van der Waals surface area (Å²) in [5, 5.41) is 11.5. The van der Waals surface area contributed by atoms with Crippen LogP contribution in [0.3, 0.4) is 0 Å². The van der Waals surface area contributed by atoms with E-state index in [1.807, 2.05) is 24.3 Å². The molecule has 0 aliphatic carbocycles. The first-order valence-electron chi connectivity index (χ1n) is 6.55. The highest BCUT2D eigenvalue weighted by Crippen LogP contribution is 2.21. The Kier molecular flexibility index (Phi) is 4.21. The molecule has 0 bridgehead atoms. The quantitative estimate of drug-likeness (QED) is 0.922. The zero-order valence-electron chi connectivity index (χ0n) is 11.2. The van der Waals surface area contributed by atoms with Crippen molar-refractivity contribution in [3.05, 3.63) is 34.8 Å². The lowest BCUT2D eigenvalue weighted by molar-refractivity contribution is 0.208. The van der Waals surface area contributed by atoms with Crippen LogP contribution >= 0.6 is 22.9 Å². The molecule has 1 saturated heterocycles. The summed E-state index contributed by atoms with van der Waals surface area (Å²) < 4.78 is 0. The van der Waals surface area contributed by atoms with Crippen molar-refractivity contribution in [2.45, 2.75) is 0 Å². The SMILES string of the molecule is O=C(Nc1nncs1)N1CCN(c2cccc(Cl)c2)CC1. The molecule has 1 aliphatic rings. The van der Waals surface area contributed by atoms with Gasteiger partial charge < -0.3 is 9.80 Å². The number of benzene rings is 1. The summed E-state index contributed by atoms with van der Waals surface area (Å²) in [5.74, 6) is 0. The highest BCUT2D eigenvalue weighted by atomic mass is 35.5. The van der Waals surface area contributed by atoms with Crippen molar-refractivity contribution < 1.29 is 4.79 Å². The normalized spacial score (nSPS) is 15.1. The molecule has 6 nitrogen and oxygen atoms in total. The fourth-order valence-electron chi connectivity index (χ4n) is 2.24. The standard InChI is InChI=1S/C13H14ClN5OS/c14-10-2-1-3-11(8-10)18-4-6-19(7-5-18)13(20)16-12-17-15-9-21-12/h1-3,8-9H,4-7H2,(H,16,17,20). The van der Waals surface area contributed by atoms with E-state index in [-0.39, 0.29) is 6.03 Å². The molecule has 1 fully saturated rings. The summed E-state index contributed by atoms with van der Waals surface area (Å²) in [7, 11) is 0. The van der Waals surface area contributed by atoms with E-state index in [0.717, 1.165) is 23.8 Å². The fourth-order valence-corrected chi connectivity index (χ4v) is 2.86. The highest BCUT2D eigenvalue weighted by molar-refractivity contribution is 7.13. The van der Waals surface area contributed by atoms with Crippen LogP contribution in [0.2, 0.25) is 5.02 Å². The van der Waals surface area contributed by atoms with Crippen LogP contribution in [0.15, 0.2) is 29.8 Å².